The van der Waals surface area contributed by atoms with E-state index in [4.69, 9.17) is 16.9 Å². The van der Waals surface area contributed by atoms with Crippen LogP contribution >= 0.6 is 11.6 Å². The first-order valence-electron chi connectivity index (χ1n) is 4.66. The van der Waals surface area contributed by atoms with Crippen molar-refractivity contribution in [2.75, 3.05) is 0 Å². The summed E-state index contributed by atoms with van der Waals surface area (Å²) in [5, 5.41) is 9.16. The molecule has 2 rings (SSSR count). The minimum Gasteiger partial charge on any atom is -0.351 e. The molecule has 3 nitrogen and oxygen atoms in total. The van der Waals surface area contributed by atoms with Gasteiger partial charge in [-0.3, -0.25) is 0 Å². The first-order chi connectivity index (χ1) is 7.81. The van der Waals surface area contributed by atoms with Gasteiger partial charge in [0.1, 0.15) is 0 Å². The molecule has 0 bridgehead atoms. The Morgan fingerprint density at radius 2 is 2.31 bits per heavy atom. The zero-order valence-electron chi connectivity index (χ0n) is 8.31. The van der Waals surface area contributed by atoms with Crippen LogP contribution in [0, 0.1) is 11.3 Å². The van der Waals surface area contributed by atoms with Crippen LogP contribution in [0.4, 0.5) is 0 Å². The predicted octanol–water partition coefficient (Wildman–Crippen LogP) is 3.27. The second kappa shape index (κ2) is 4.65. The minimum absolute atomic E-state index is 0.645. The fourth-order valence-corrected chi connectivity index (χ4v) is 1.60. The predicted molar refractivity (Wildman–Crippen MR) is 63.7 cm³/mol. The maximum absolute atomic E-state index is 8.52. The molecular weight excluding hydrogens is 222 g/mol. The van der Waals surface area contributed by atoms with Gasteiger partial charge in [-0.1, -0.05) is 17.7 Å². The topological polar surface area (TPSA) is 52.5 Å². The van der Waals surface area contributed by atoms with E-state index in [0.717, 1.165) is 16.8 Å². The van der Waals surface area contributed by atoms with Crippen LogP contribution in [0.5, 0.6) is 0 Å². The van der Waals surface area contributed by atoms with Crippen LogP contribution in [0.15, 0.2) is 36.8 Å². The van der Waals surface area contributed by atoms with Crippen molar-refractivity contribution in [2.45, 2.75) is 0 Å². The highest BCUT2D eigenvalue weighted by Crippen LogP contribution is 2.26. The van der Waals surface area contributed by atoms with E-state index in [2.05, 4.69) is 9.97 Å². The number of imidazole rings is 1. The molecule has 1 aromatic heterocycles. The molecular formula is C12H8ClN3. The lowest BCUT2D eigenvalue weighted by Crippen LogP contribution is -1.83. The molecule has 0 fully saturated rings. The standard InChI is InChI=1S/C12H8ClN3/c13-10-4-3-9(2-1-5-14)11(6-10)12-7-15-8-16-12/h1-4,6-8H,(H,15,16)/b2-1+. The summed E-state index contributed by atoms with van der Waals surface area (Å²) in [5.74, 6) is 0. The van der Waals surface area contributed by atoms with E-state index in [-0.39, 0.29) is 0 Å². The summed E-state index contributed by atoms with van der Waals surface area (Å²) in [5.41, 5.74) is 2.62. The molecule has 1 heterocycles. The number of nitriles is 1. The van der Waals surface area contributed by atoms with Crippen molar-refractivity contribution in [3.05, 3.63) is 47.4 Å². The highest BCUT2D eigenvalue weighted by atomic mass is 35.5. The van der Waals surface area contributed by atoms with Gasteiger partial charge in [-0.25, -0.2) is 4.98 Å². The fourth-order valence-electron chi connectivity index (χ4n) is 1.43. The van der Waals surface area contributed by atoms with Crippen LogP contribution in [-0.4, -0.2) is 9.97 Å². The number of rotatable bonds is 2. The summed E-state index contributed by atoms with van der Waals surface area (Å²) >= 11 is 5.94. The lowest BCUT2D eigenvalue weighted by atomic mass is 10.0. The number of hydrogen-bond donors (Lipinski definition) is 1. The Morgan fingerprint density at radius 1 is 1.44 bits per heavy atom. The highest BCUT2D eigenvalue weighted by Gasteiger charge is 2.05. The Bertz CT molecular complexity index is 550. The molecule has 1 aromatic carbocycles. The summed E-state index contributed by atoms with van der Waals surface area (Å²) in [7, 11) is 0. The molecule has 0 aliphatic heterocycles. The van der Waals surface area contributed by atoms with Crippen LogP contribution in [-0.2, 0) is 0 Å². The van der Waals surface area contributed by atoms with Crippen molar-refractivity contribution < 1.29 is 0 Å². The van der Waals surface area contributed by atoms with Gasteiger partial charge in [0, 0.05) is 22.9 Å². The van der Waals surface area contributed by atoms with Gasteiger partial charge in [0.2, 0.25) is 0 Å². The van der Waals surface area contributed by atoms with Gasteiger partial charge in [0.05, 0.1) is 18.1 Å². The lowest BCUT2D eigenvalue weighted by Gasteiger charge is -2.03. The van der Waals surface area contributed by atoms with Crippen LogP contribution < -0.4 is 0 Å². The summed E-state index contributed by atoms with van der Waals surface area (Å²) in [6, 6.07) is 7.44. The highest BCUT2D eigenvalue weighted by molar-refractivity contribution is 6.31. The maximum Gasteiger partial charge on any atom is 0.0927 e. The molecule has 4 heteroatoms. The van der Waals surface area contributed by atoms with Crippen molar-refractivity contribution in [2.24, 2.45) is 0 Å². The number of nitrogens with one attached hydrogen (secondary N) is 1. The molecule has 78 valence electrons. The minimum atomic E-state index is 0.645. The first-order valence-corrected chi connectivity index (χ1v) is 5.04. The fraction of sp³-hybridized carbons (Fsp3) is 0. The molecule has 0 unspecified atom stereocenters. The Kier molecular flexibility index (Phi) is 3.04. The van der Waals surface area contributed by atoms with Crippen molar-refractivity contribution in [1.29, 1.82) is 5.26 Å². The van der Waals surface area contributed by atoms with E-state index < -0.39 is 0 Å². The maximum atomic E-state index is 8.52. The van der Waals surface area contributed by atoms with E-state index in [1.807, 2.05) is 18.2 Å². The average Bonchev–Trinajstić information content (AvgIpc) is 2.80. The molecule has 0 aliphatic carbocycles. The summed E-state index contributed by atoms with van der Waals surface area (Å²) in [4.78, 5) is 7.05. The van der Waals surface area contributed by atoms with Crippen LogP contribution in [0.3, 0.4) is 0 Å². The number of nitrogens with zero attached hydrogens (tertiary/aromatic N) is 2. The smallest absolute Gasteiger partial charge is 0.0927 e. The third-order valence-electron chi connectivity index (χ3n) is 2.13. The van der Waals surface area contributed by atoms with Crippen molar-refractivity contribution in [1.82, 2.24) is 9.97 Å². The number of allylic oxidation sites excluding steroid dienone is 1. The molecule has 0 saturated carbocycles. The largest absolute Gasteiger partial charge is 0.351 e. The summed E-state index contributed by atoms with van der Waals surface area (Å²) < 4.78 is 0. The van der Waals surface area contributed by atoms with E-state index in [9.17, 15) is 0 Å². The second-order valence-electron chi connectivity index (χ2n) is 3.15. The molecule has 0 saturated heterocycles. The third kappa shape index (κ3) is 2.13. The number of aromatic nitrogens is 2. The monoisotopic (exact) mass is 229 g/mol. The van der Waals surface area contributed by atoms with Gasteiger partial charge < -0.3 is 4.98 Å². The number of H-pyrrole nitrogens is 1. The van der Waals surface area contributed by atoms with Gasteiger partial charge >= 0.3 is 0 Å². The Hall–Kier alpha value is -2.05. The van der Waals surface area contributed by atoms with E-state index in [0.29, 0.717) is 5.02 Å². The van der Waals surface area contributed by atoms with Gasteiger partial charge in [-0.2, -0.15) is 5.26 Å². The normalized spacial score (nSPS) is 10.5. The van der Waals surface area contributed by atoms with Crippen LogP contribution in [0.25, 0.3) is 17.3 Å². The molecule has 0 spiro atoms. The molecule has 0 atom stereocenters. The van der Waals surface area contributed by atoms with E-state index in [1.165, 1.54) is 6.08 Å². The molecule has 16 heavy (non-hydrogen) atoms. The zero-order valence-corrected chi connectivity index (χ0v) is 9.07. The number of halogens is 1. The zero-order chi connectivity index (χ0) is 11.4. The van der Waals surface area contributed by atoms with Crippen molar-refractivity contribution >= 4 is 17.7 Å². The summed E-state index contributed by atoms with van der Waals surface area (Å²) in [6.07, 6.45) is 6.56. The van der Waals surface area contributed by atoms with Crippen LogP contribution in [0.2, 0.25) is 5.02 Å². The molecule has 1 N–H and O–H groups in total. The van der Waals surface area contributed by atoms with Gasteiger partial charge in [0.25, 0.3) is 0 Å². The number of hydrogen-bond acceptors (Lipinski definition) is 2. The second-order valence-corrected chi connectivity index (χ2v) is 3.58. The molecule has 0 amide bonds. The summed E-state index contributed by atoms with van der Waals surface area (Å²) in [6.45, 7) is 0. The number of benzene rings is 1. The Labute approximate surface area is 98.0 Å². The quantitative estimate of drug-likeness (QED) is 0.804. The molecule has 2 aromatic rings. The van der Waals surface area contributed by atoms with E-state index in [1.54, 1.807) is 24.7 Å². The lowest BCUT2D eigenvalue weighted by molar-refractivity contribution is 1.31. The van der Waals surface area contributed by atoms with Gasteiger partial charge in [0.15, 0.2) is 0 Å². The van der Waals surface area contributed by atoms with Gasteiger partial charge in [-0.05, 0) is 23.8 Å². The Balaban J connectivity index is 2.54. The van der Waals surface area contributed by atoms with Crippen molar-refractivity contribution in [3.63, 3.8) is 0 Å². The van der Waals surface area contributed by atoms with Gasteiger partial charge in [-0.15, -0.1) is 0 Å². The van der Waals surface area contributed by atoms with E-state index >= 15 is 0 Å². The average molecular weight is 230 g/mol. The SMILES string of the molecule is N#C/C=C/c1ccc(Cl)cc1-c1c[nH]cn1. The molecule has 0 aliphatic rings. The first kappa shape index (κ1) is 10.5. The molecule has 0 radical (unpaired) electrons. The van der Waals surface area contributed by atoms with Crippen LogP contribution in [0.1, 0.15) is 5.56 Å². The third-order valence-corrected chi connectivity index (χ3v) is 2.36. The Morgan fingerprint density at radius 3 is 3.00 bits per heavy atom. The number of aromatic amines is 1. The van der Waals surface area contributed by atoms with Crippen molar-refractivity contribution in [3.8, 4) is 17.3 Å².